The number of halogens is 2. The van der Waals surface area contributed by atoms with Gasteiger partial charge in [0.25, 0.3) is 11.5 Å². The topological polar surface area (TPSA) is 122 Å². The molecule has 0 saturated heterocycles. The Hall–Kier alpha value is -3.92. The number of amides is 1. The molecule has 0 unspecified atom stereocenters. The van der Waals surface area contributed by atoms with Crippen molar-refractivity contribution in [3.63, 3.8) is 0 Å². The summed E-state index contributed by atoms with van der Waals surface area (Å²) in [7, 11) is 3.42. The Morgan fingerprint density at radius 2 is 1.65 bits per heavy atom. The molecule has 0 bridgehead atoms. The first-order chi connectivity index (χ1) is 19.1. The third kappa shape index (κ3) is 5.54. The number of carbonyl (C=O) groups excluding carboxylic acids is 1. The standard InChI is InChI=1S/C29H28Cl2N4O5/c1-4-17-10-13-23-24(19(17)15-32-2)27(37)35(29(40)34(23)3)18-11-8-16(9-12-18)14-22(28(38)39)33-26(36)25-20(30)6-5-7-21(25)31/h5-13,22,32H,4,14-15H2,1-3H3,(H,33,36)(H,38,39)/t22-/m0/s1. The Bertz CT molecular complexity index is 1710. The van der Waals surface area contributed by atoms with Gasteiger partial charge in [-0.15, -0.1) is 0 Å². The Balaban J connectivity index is 1.69. The van der Waals surface area contributed by atoms with Gasteiger partial charge in [-0.25, -0.2) is 14.2 Å². The van der Waals surface area contributed by atoms with Gasteiger partial charge in [0.05, 0.1) is 32.2 Å². The largest absolute Gasteiger partial charge is 0.480 e. The van der Waals surface area contributed by atoms with Crippen molar-refractivity contribution in [3.8, 4) is 5.69 Å². The number of benzene rings is 3. The lowest BCUT2D eigenvalue weighted by Gasteiger charge is -2.17. The zero-order chi connectivity index (χ0) is 29.1. The van der Waals surface area contributed by atoms with E-state index < -0.39 is 29.2 Å². The fourth-order valence-electron chi connectivity index (χ4n) is 4.75. The molecule has 0 radical (unpaired) electrons. The molecule has 1 aromatic heterocycles. The lowest BCUT2D eigenvalue weighted by molar-refractivity contribution is -0.139. The molecule has 3 N–H and O–H groups in total. The number of nitrogens with one attached hydrogen (secondary N) is 2. The van der Waals surface area contributed by atoms with Gasteiger partial charge in [0.15, 0.2) is 0 Å². The minimum Gasteiger partial charge on any atom is -0.480 e. The number of nitrogens with zero attached hydrogens (tertiary/aromatic N) is 2. The average Bonchev–Trinajstić information content (AvgIpc) is 2.92. The molecule has 1 heterocycles. The minimum atomic E-state index is -1.28. The molecule has 0 spiro atoms. The lowest BCUT2D eigenvalue weighted by Crippen LogP contribution is -2.42. The molecule has 0 aliphatic carbocycles. The highest BCUT2D eigenvalue weighted by Gasteiger charge is 2.24. The number of aryl methyl sites for hydroxylation is 2. The molecule has 9 nitrogen and oxygen atoms in total. The minimum absolute atomic E-state index is 0.0113. The number of hydrogen-bond donors (Lipinski definition) is 3. The molecule has 0 saturated carbocycles. The Morgan fingerprint density at radius 3 is 2.23 bits per heavy atom. The van der Waals surface area contributed by atoms with E-state index in [0.717, 1.165) is 22.1 Å². The molecule has 4 rings (SSSR count). The highest BCUT2D eigenvalue weighted by molar-refractivity contribution is 6.39. The number of fused-ring (bicyclic) bond motifs is 1. The molecule has 0 aliphatic rings. The summed E-state index contributed by atoms with van der Waals surface area (Å²) in [6.45, 7) is 2.48. The third-order valence-corrected chi connectivity index (χ3v) is 7.44. The van der Waals surface area contributed by atoms with E-state index in [2.05, 4.69) is 10.6 Å². The number of rotatable bonds is 9. The highest BCUT2D eigenvalue weighted by Crippen LogP contribution is 2.24. The van der Waals surface area contributed by atoms with Crippen LogP contribution in [0.1, 0.15) is 34.0 Å². The van der Waals surface area contributed by atoms with Gasteiger partial charge in [-0.3, -0.25) is 14.2 Å². The number of carboxylic acids is 1. The van der Waals surface area contributed by atoms with E-state index in [1.807, 2.05) is 13.0 Å². The summed E-state index contributed by atoms with van der Waals surface area (Å²) >= 11 is 12.2. The van der Waals surface area contributed by atoms with Crippen molar-refractivity contribution in [1.82, 2.24) is 19.8 Å². The van der Waals surface area contributed by atoms with Crippen LogP contribution in [0.2, 0.25) is 10.0 Å². The number of aliphatic carboxylic acids is 1. The van der Waals surface area contributed by atoms with Gasteiger partial charge in [-0.1, -0.05) is 54.4 Å². The molecular weight excluding hydrogens is 555 g/mol. The van der Waals surface area contributed by atoms with Crippen molar-refractivity contribution < 1.29 is 14.7 Å². The van der Waals surface area contributed by atoms with E-state index >= 15 is 0 Å². The molecule has 0 fully saturated rings. The van der Waals surface area contributed by atoms with Crippen molar-refractivity contribution >= 4 is 46.0 Å². The van der Waals surface area contributed by atoms with Crippen molar-refractivity contribution in [3.05, 3.63) is 108 Å². The van der Waals surface area contributed by atoms with Gasteiger partial charge in [0.2, 0.25) is 0 Å². The SMILES string of the molecule is CCc1ccc2c(c1CNC)c(=O)n(-c1ccc(C[C@H](NC(=O)c3c(Cl)cccc3Cl)C(=O)O)cc1)c(=O)n2C. The van der Waals surface area contributed by atoms with Crippen LogP contribution >= 0.6 is 23.2 Å². The Kier molecular flexibility index (Phi) is 8.78. The Morgan fingerprint density at radius 1 is 1.00 bits per heavy atom. The van der Waals surface area contributed by atoms with Crippen LogP contribution in [-0.2, 0) is 31.2 Å². The van der Waals surface area contributed by atoms with E-state index in [1.54, 1.807) is 50.5 Å². The first-order valence-corrected chi connectivity index (χ1v) is 13.3. The zero-order valence-corrected chi connectivity index (χ0v) is 23.6. The lowest BCUT2D eigenvalue weighted by atomic mass is 10.00. The molecule has 1 atom stereocenters. The maximum absolute atomic E-state index is 13.7. The van der Waals surface area contributed by atoms with Crippen molar-refractivity contribution in [2.24, 2.45) is 7.05 Å². The van der Waals surface area contributed by atoms with Gasteiger partial charge in [0, 0.05) is 20.0 Å². The monoisotopic (exact) mass is 582 g/mol. The summed E-state index contributed by atoms with van der Waals surface area (Å²) in [6.07, 6.45) is 0.675. The molecule has 40 heavy (non-hydrogen) atoms. The van der Waals surface area contributed by atoms with Gasteiger partial charge >= 0.3 is 11.7 Å². The maximum Gasteiger partial charge on any atom is 0.335 e. The van der Waals surface area contributed by atoms with Gasteiger partial charge < -0.3 is 15.7 Å². The summed E-state index contributed by atoms with van der Waals surface area (Å²) in [6, 6.07) is 13.4. The quantitative estimate of drug-likeness (QED) is 0.276. The second-order valence-electron chi connectivity index (χ2n) is 9.29. The van der Waals surface area contributed by atoms with Crippen molar-refractivity contribution in [2.75, 3.05) is 7.05 Å². The average molecular weight is 583 g/mol. The molecule has 11 heteroatoms. The smallest absolute Gasteiger partial charge is 0.335 e. The van der Waals surface area contributed by atoms with Crippen LogP contribution in [0.5, 0.6) is 0 Å². The molecular formula is C29H28Cl2N4O5. The number of hydrogen-bond acceptors (Lipinski definition) is 5. The number of aromatic nitrogens is 2. The summed E-state index contributed by atoms with van der Waals surface area (Å²) in [5.41, 5.74) is 2.36. The molecule has 1 amide bonds. The summed E-state index contributed by atoms with van der Waals surface area (Å²) in [4.78, 5) is 51.6. The van der Waals surface area contributed by atoms with Crippen LogP contribution < -0.4 is 21.9 Å². The van der Waals surface area contributed by atoms with E-state index in [-0.39, 0.29) is 22.0 Å². The summed E-state index contributed by atoms with van der Waals surface area (Å²) in [5, 5.41) is 16.0. The second-order valence-corrected chi connectivity index (χ2v) is 10.1. The fourth-order valence-corrected chi connectivity index (χ4v) is 5.32. The second kappa shape index (κ2) is 12.1. The molecule has 4 aromatic rings. The van der Waals surface area contributed by atoms with Gasteiger partial charge in [-0.05, 0) is 60.5 Å². The van der Waals surface area contributed by atoms with E-state index in [1.165, 1.54) is 16.7 Å². The number of carboxylic acid groups (broad SMARTS) is 1. The Labute approximate surface area is 240 Å². The third-order valence-electron chi connectivity index (χ3n) is 6.81. The first kappa shape index (κ1) is 29.1. The van der Waals surface area contributed by atoms with Crippen LogP contribution in [0.4, 0.5) is 0 Å². The molecule has 0 aliphatic heterocycles. The van der Waals surface area contributed by atoms with Gasteiger partial charge in [0.1, 0.15) is 6.04 Å². The van der Waals surface area contributed by atoms with Crippen LogP contribution in [0.25, 0.3) is 16.6 Å². The molecule has 208 valence electrons. The van der Waals surface area contributed by atoms with Gasteiger partial charge in [-0.2, -0.15) is 0 Å². The van der Waals surface area contributed by atoms with Crippen molar-refractivity contribution in [2.45, 2.75) is 32.4 Å². The molecule has 3 aromatic carbocycles. The highest BCUT2D eigenvalue weighted by atomic mass is 35.5. The normalized spacial score (nSPS) is 11.9. The van der Waals surface area contributed by atoms with Crippen LogP contribution in [0.3, 0.4) is 0 Å². The van der Waals surface area contributed by atoms with Crippen LogP contribution in [0.15, 0.2) is 64.2 Å². The van der Waals surface area contributed by atoms with E-state index in [4.69, 9.17) is 23.2 Å². The van der Waals surface area contributed by atoms with E-state index in [9.17, 15) is 24.3 Å². The van der Waals surface area contributed by atoms with Crippen LogP contribution in [0, 0.1) is 0 Å². The number of carbonyl (C=O) groups is 2. The maximum atomic E-state index is 13.7. The summed E-state index contributed by atoms with van der Waals surface area (Å²) < 4.78 is 2.56. The summed E-state index contributed by atoms with van der Waals surface area (Å²) in [5.74, 6) is -1.96. The van der Waals surface area contributed by atoms with E-state index in [0.29, 0.717) is 28.7 Å². The fraction of sp³-hybridized carbons (Fsp3) is 0.241. The van der Waals surface area contributed by atoms with Crippen LogP contribution in [-0.4, -0.2) is 39.2 Å². The predicted octanol–water partition coefficient (Wildman–Crippen LogP) is 3.70. The zero-order valence-electron chi connectivity index (χ0n) is 22.1. The predicted molar refractivity (Wildman–Crippen MR) is 156 cm³/mol. The first-order valence-electron chi connectivity index (χ1n) is 12.6. The van der Waals surface area contributed by atoms with Crippen molar-refractivity contribution in [1.29, 1.82) is 0 Å².